The average molecular weight is 195 g/mol. The lowest BCUT2D eigenvalue weighted by Crippen LogP contribution is -2.44. The second kappa shape index (κ2) is 3.55. The topological polar surface area (TPSA) is 29.1 Å². The van der Waals surface area contributed by atoms with Crippen molar-refractivity contribution >= 4 is 5.91 Å². The molecule has 1 aliphatic carbocycles. The zero-order valence-electron chi connectivity index (χ0n) is 7.32. The molecule has 0 aromatic heterocycles. The molecule has 2 nitrogen and oxygen atoms in total. The van der Waals surface area contributed by atoms with Gasteiger partial charge in [-0.05, 0) is 18.8 Å². The van der Waals surface area contributed by atoms with Crippen LogP contribution >= 0.6 is 0 Å². The lowest BCUT2D eigenvalue weighted by molar-refractivity contribution is -0.154. The van der Waals surface area contributed by atoms with Crippen LogP contribution in [0.2, 0.25) is 0 Å². The third-order valence-electron chi connectivity index (χ3n) is 2.10. The Kier molecular flexibility index (Phi) is 2.83. The van der Waals surface area contributed by atoms with Crippen molar-refractivity contribution in [1.82, 2.24) is 5.32 Å². The number of amides is 1. The molecule has 0 radical (unpaired) electrons. The van der Waals surface area contributed by atoms with Crippen molar-refractivity contribution in [2.24, 2.45) is 5.92 Å². The monoisotopic (exact) mass is 195 g/mol. The molecule has 13 heavy (non-hydrogen) atoms. The molecule has 1 amide bonds. The molecule has 5 heteroatoms. The van der Waals surface area contributed by atoms with Gasteiger partial charge in [0.1, 0.15) is 6.42 Å². The summed E-state index contributed by atoms with van der Waals surface area (Å²) >= 11 is 0. The minimum atomic E-state index is -4.39. The van der Waals surface area contributed by atoms with Crippen LogP contribution in [-0.2, 0) is 4.79 Å². The maximum absolute atomic E-state index is 11.7. The number of carbonyl (C=O) groups excluding carboxylic acids is 1. The summed E-state index contributed by atoms with van der Waals surface area (Å²) in [6.07, 6.45) is -4.16. The molecule has 0 unspecified atom stereocenters. The maximum atomic E-state index is 11.7. The zero-order valence-corrected chi connectivity index (χ0v) is 7.32. The molecular weight excluding hydrogens is 183 g/mol. The number of alkyl halides is 3. The van der Waals surface area contributed by atoms with Gasteiger partial charge in [-0.3, -0.25) is 4.79 Å². The van der Waals surface area contributed by atoms with Crippen molar-refractivity contribution in [2.45, 2.75) is 38.4 Å². The Hall–Kier alpha value is -0.740. The average Bonchev–Trinajstić information content (AvgIpc) is 1.79. The lowest BCUT2D eigenvalue weighted by Gasteiger charge is -2.33. The first-order valence-corrected chi connectivity index (χ1v) is 4.23. The van der Waals surface area contributed by atoms with Crippen molar-refractivity contribution in [2.75, 3.05) is 0 Å². The largest absolute Gasteiger partial charge is 0.397 e. The predicted molar refractivity (Wildman–Crippen MR) is 41.0 cm³/mol. The van der Waals surface area contributed by atoms with E-state index in [1.807, 2.05) is 6.92 Å². The van der Waals surface area contributed by atoms with E-state index in [-0.39, 0.29) is 6.04 Å². The first kappa shape index (κ1) is 10.3. The minimum absolute atomic E-state index is 0.0372. The second-order valence-corrected chi connectivity index (χ2v) is 3.63. The van der Waals surface area contributed by atoms with Crippen LogP contribution in [0.3, 0.4) is 0 Å². The smallest absolute Gasteiger partial charge is 0.353 e. The molecule has 0 heterocycles. The summed E-state index contributed by atoms with van der Waals surface area (Å²) in [6, 6.07) is -0.0372. The molecule has 76 valence electrons. The van der Waals surface area contributed by atoms with E-state index in [0.29, 0.717) is 5.92 Å². The van der Waals surface area contributed by atoms with E-state index in [1.165, 1.54) is 0 Å². The summed E-state index contributed by atoms with van der Waals surface area (Å²) in [7, 11) is 0. The predicted octanol–water partition coefficient (Wildman–Crippen LogP) is 1.85. The standard InChI is InChI=1S/C8H12F3NO/c1-5-2-6(3-5)12-7(13)4-8(9,10)11/h5-6H,2-4H2,1H3,(H,12,13). The van der Waals surface area contributed by atoms with Crippen molar-refractivity contribution < 1.29 is 18.0 Å². The van der Waals surface area contributed by atoms with Gasteiger partial charge in [0.15, 0.2) is 0 Å². The number of carbonyl (C=O) groups is 1. The molecule has 0 aromatic carbocycles. The summed E-state index contributed by atoms with van der Waals surface area (Å²) in [6.45, 7) is 2.01. The Bertz CT molecular complexity index is 196. The van der Waals surface area contributed by atoms with E-state index >= 15 is 0 Å². The Labute approximate surface area is 74.5 Å². The SMILES string of the molecule is CC1CC(NC(=O)CC(F)(F)F)C1. The molecule has 0 saturated heterocycles. The van der Waals surface area contributed by atoms with Crippen LogP contribution < -0.4 is 5.32 Å². The van der Waals surface area contributed by atoms with Gasteiger partial charge < -0.3 is 5.32 Å². The van der Waals surface area contributed by atoms with Gasteiger partial charge in [-0.25, -0.2) is 0 Å². The van der Waals surface area contributed by atoms with Gasteiger partial charge in [-0.2, -0.15) is 13.2 Å². The van der Waals surface area contributed by atoms with Crippen LogP contribution in [0.15, 0.2) is 0 Å². The highest BCUT2D eigenvalue weighted by Crippen LogP contribution is 2.27. The summed E-state index contributed by atoms with van der Waals surface area (Å²) < 4.78 is 35.1. The van der Waals surface area contributed by atoms with E-state index in [2.05, 4.69) is 5.32 Å². The van der Waals surface area contributed by atoms with Crippen LogP contribution in [0, 0.1) is 5.92 Å². The molecule has 1 saturated carbocycles. The summed E-state index contributed by atoms with van der Waals surface area (Å²) in [4.78, 5) is 10.7. The Morgan fingerprint density at radius 3 is 2.38 bits per heavy atom. The maximum Gasteiger partial charge on any atom is 0.397 e. The highest BCUT2D eigenvalue weighted by atomic mass is 19.4. The van der Waals surface area contributed by atoms with Gasteiger partial charge in [0.2, 0.25) is 5.91 Å². The fourth-order valence-corrected chi connectivity index (χ4v) is 1.48. The van der Waals surface area contributed by atoms with E-state index in [9.17, 15) is 18.0 Å². The Balaban J connectivity index is 2.19. The first-order valence-electron chi connectivity index (χ1n) is 4.23. The van der Waals surface area contributed by atoms with E-state index in [0.717, 1.165) is 12.8 Å². The van der Waals surface area contributed by atoms with Gasteiger partial charge in [0.25, 0.3) is 0 Å². The van der Waals surface area contributed by atoms with Gasteiger partial charge in [0, 0.05) is 6.04 Å². The molecule has 1 N–H and O–H groups in total. The van der Waals surface area contributed by atoms with Crippen molar-refractivity contribution in [3.63, 3.8) is 0 Å². The van der Waals surface area contributed by atoms with E-state index < -0.39 is 18.5 Å². The van der Waals surface area contributed by atoms with Crippen LogP contribution in [0.5, 0.6) is 0 Å². The van der Waals surface area contributed by atoms with Crippen LogP contribution in [0.4, 0.5) is 13.2 Å². The van der Waals surface area contributed by atoms with Crippen molar-refractivity contribution in [3.05, 3.63) is 0 Å². The molecule has 0 atom stereocenters. The fraction of sp³-hybridized carbons (Fsp3) is 0.875. The third kappa shape index (κ3) is 3.65. The summed E-state index contributed by atoms with van der Waals surface area (Å²) in [5.74, 6) is -0.388. The molecule has 0 bridgehead atoms. The number of rotatable bonds is 2. The summed E-state index contributed by atoms with van der Waals surface area (Å²) in [5, 5.41) is 2.34. The van der Waals surface area contributed by atoms with Gasteiger partial charge in [0.05, 0.1) is 0 Å². The highest BCUT2D eigenvalue weighted by Gasteiger charge is 2.33. The van der Waals surface area contributed by atoms with Crippen LogP contribution in [0.25, 0.3) is 0 Å². The van der Waals surface area contributed by atoms with Crippen LogP contribution in [-0.4, -0.2) is 18.1 Å². The van der Waals surface area contributed by atoms with Gasteiger partial charge in [-0.1, -0.05) is 6.92 Å². The number of halogens is 3. The normalized spacial score (nSPS) is 28.0. The quantitative estimate of drug-likeness (QED) is 0.715. The first-order chi connectivity index (χ1) is 5.87. The highest BCUT2D eigenvalue weighted by molar-refractivity contribution is 5.77. The van der Waals surface area contributed by atoms with Gasteiger partial charge in [-0.15, -0.1) is 0 Å². The van der Waals surface area contributed by atoms with E-state index in [1.54, 1.807) is 0 Å². The molecule has 0 spiro atoms. The summed E-state index contributed by atoms with van der Waals surface area (Å²) in [5.41, 5.74) is 0. The zero-order chi connectivity index (χ0) is 10.1. The molecular formula is C8H12F3NO. The van der Waals surface area contributed by atoms with E-state index in [4.69, 9.17) is 0 Å². The lowest BCUT2D eigenvalue weighted by atomic mass is 9.82. The Morgan fingerprint density at radius 2 is 2.00 bits per heavy atom. The number of nitrogens with one attached hydrogen (secondary N) is 1. The molecule has 1 fully saturated rings. The fourth-order valence-electron chi connectivity index (χ4n) is 1.48. The third-order valence-corrected chi connectivity index (χ3v) is 2.10. The molecule has 0 aromatic rings. The van der Waals surface area contributed by atoms with Crippen molar-refractivity contribution in [1.29, 1.82) is 0 Å². The van der Waals surface area contributed by atoms with Crippen molar-refractivity contribution in [3.8, 4) is 0 Å². The second-order valence-electron chi connectivity index (χ2n) is 3.63. The number of hydrogen-bond donors (Lipinski definition) is 1. The Morgan fingerprint density at radius 1 is 1.46 bits per heavy atom. The molecule has 1 rings (SSSR count). The molecule has 1 aliphatic rings. The number of hydrogen-bond acceptors (Lipinski definition) is 1. The van der Waals surface area contributed by atoms with Gasteiger partial charge >= 0.3 is 6.18 Å². The molecule has 0 aliphatic heterocycles. The minimum Gasteiger partial charge on any atom is -0.353 e. The van der Waals surface area contributed by atoms with Crippen LogP contribution in [0.1, 0.15) is 26.2 Å².